The van der Waals surface area contributed by atoms with Gasteiger partial charge in [0.05, 0.1) is 29.0 Å². The molecule has 5 rings (SSSR count). The number of carbonyl (C=O) groups excluding carboxylic acids is 1. The number of aromatic amines is 1. The summed E-state index contributed by atoms with van der Waals surface area (Å²) in [6.45, 7) is 4.22. The highest BCUT2D eigenvalue weighted by molar-refractivity contribution is 5.79. The molecule has 1 aliphatic rings. The van der Waals surface area contributed by atoms with Crippen molar-refractivity contribution >= 4 is 16.9 Å². The first-order valence-corrected chi connectivity index (χ1v) is 10.8. The van der Waals surface area contributed by atoms with E-state index in [1.165, 1.54) is 0 Å². The maximum absolute atomic E-state index is 13.0. The second-order valence-electron chi connectivity index (χ2n) is 8.33. The maximum atomic E-state index is 13.0. The largest absolute Gasteiger partial charge is 0.342 e. The average molecular weight is 415 g/mol. The van der Waals surface area contributed by atoms with Crippen molar-refractivity contribution in [2.75, 3.05) is 13.1 Å². The molecule has 4 heterocycles. The fourth-order valence-corrected chi connectivity index (χ4v) is 4.46. The van der Waals surface area contributed by atoms with Gasteiger partial charge in [0.1, 0.15) is 0 Å². The average Bonchev–Trinajstić information content (AvgIpc) is 3.50. The van der Waals surface area contributed by atoms with Crippen LogP contribution >= 0.6 is 0 Å². The number of benzene rings is 1. The van der Waals surface area contributed by atoms with Crippen molar-refractivity contribution < 1.29 is 4.79 Å². The normalized spacial score (nSPS) is 16.0. The predicted octanol–water partition coefficient (Wildman–Crippen LogP) is 3.86. The van der Waals surface area contributed by atoms with Crippen LogP contribution in [0.2, 0.25) is 0 Å². The zero-order valence-electron chi connectivity index (χ0n) is 17.6. The SMILES string of the molecule is C[C@H](Cn1cnc2ccccc21)C(=O)N1CCC(c2ccc(-c3ccn[nH]3)cn2)CC1. The molecular weight excluding hydrogens is 388 g/mol. The molecule has 0 radical (unpaired) electrons. The number of aromatic nitrogens is 5. The van der Waals surface area contributed by atoms with Crippen LogP contribution in [0.1, 0.15) is 31.4 Å². The number of pyridine rings is 1. The molecule has 7 heteroatoms. The summed E-state index contributed by atoms with van der Waals surface area (Å²) >= 11 is 0. The molecule has 0 aliphatic carbocycles. The van der Waals surface area contributed by atoms with Gasteiger partial charge in [-0.1, -0.05) is 19.1 Å². The number of nitrogens with one attached hydrogen (secondary N) is 1. The fraction of sp³-hybridized carbons (Fsp3) is 0.333. The Bertz CT molecular complexity index is 1160. The molecule has 0 spiro atoms. The monoisotopic (exact) mass is 414 g/mol. The molecule has 1 fully saturated rings. The van der Waals surface area contributed by atoms with Crippen LogP contribution in [0.15, 0.2) is 61.2 Å². The van der Waals surface area contributed by atoms with E-state index in [0.717, 1.165) is 53.9 Å². The molecule has 3 aromatic heterocycles. The van der Waals surface area contributed by atoms with Crippen molar-refractivity contribution in [1.82, 2.24) is 29.6 Å². The van der Waals surface area contributed by atoms with Crippen molar-refractivity contribution in [3.63, 3.8) is 0 Å². The maximum Gasteiger partial charge on any atom is 0.227 e. The van der Waals surface area contributed by atoms with Gasteiger partial charge in [-0.15, -0.1) is 0 Å². The molecule has 1 saturated heterocycles. The van der Waals surface area contributed by atoms with Crippen LogP contribution in [-0.4, -0.2) is 48.6 Å². The molecule has 31 heavy (non-hydrogen) atoms. The number of imidazole rings is 1. The number of fused-ring (bicyclic) bond motifs is 1. The summed E-state index contributed by atoms with van der Waals surface area (Å²) in [5, 5.41) is 6.96. The second-order valence-corrected chi connectivity index (χ2v) is 8.33. The van der Waals surface area contributed by atoms with Crippen molar-refractivity contribution in [3.8, 4) is 11.3 Å². The molecule has 1 N–H and O–H groups in total. The van der Waals surface area contributed by atoms with Gasteiger partial charge >= 0.3 is 0 Å². The molecule has 7 nitrogen and oxygen atoms in total. The number of H-pyrrole nitrogens is 1. The molecule has 1 amide bonds. The standard InChI is InChI=1S/C24H26N6O/c1-17(15-30-16-26-22-4-2-3-5-23(22)30)24(31)29-12-9-18(10-13-29)20-7-6-19(14-25-20)21-8-11-27-28-21/h2-8,11,14,16-18H,9-10,12-13,15H2,1H3,(H,27,28)/t17-/m1/s1. The number of piperidine rings is 1. The topological polar surface area (TPSA) is 79.7 Å². The highest BCUT2D eigenvalue weighted by atomic mass is 16.2. The smallest absolute Gasteiger partial charge is 0.227 e. The van der Waals surface area contributed by atoms with Crippen molar-refractivity contribution in [3.05, 3.63) is 66.9 Å². The van der Waals surface area contributed by atoms with Gasteiger partial charge in [0.2, 0.25) is 5.91 Å². The van der Waals surface area contributed by atoms with E-state index in [-0.39, 0.29) is 11.8 Å². The third-order valence-electron chi connectivity index (χ3n) is 6.24. The van der Waals surface area contributed by atoms with Crippen LogP contribution in [0.25, 0.3) is 22.3 Å². The highest BCUT2D eigenvalue weighted by Crippen LogP contribution is 2.28. The summed E-state index contributed by atoms with van der Waals surface area (Å²) in [6.07, 6.45) is 7.37. The lowest BCUT2D eigenvalue weighted by atomic mass is 9.92. The number of nitrogens with zero attached hydrogens (tertiary/aromatic N) is 5. The lowest BCUT2D eigenvalue weighted by Crippen LogP contribution is -2.41. The van der Waals surface area contributed by atoms with Gasteiger partial charge in [0.15, 0.2) is 0 Å². The zero-order valence-corrected chi connectivity index (χ0v) is 17.6. The molecule has 0 bridgehead atoms. The summed E-state index contributed by atoms with van der Waals surface area (Å²) in [5.41, 5.74) is 5.15. The summed E-state index contributed by atoms with van der Waals surface area (Å²) in [4.78, 5) is 24.2. The number of carbonyl (C=O) groups is 1. The number of rotatable bonds is 5. The van der Waals surface area contributed by atoms with Crippen molar-refractivity contribution in [2.24, 2.45) is 5.92 Å². The van der Waals surface area contributed by atoms with E-state index in [2.05, 4.69) is 42.9 Å². The molecule has 0 saturated carbocycles. The van der Waals surface area contributed by atoms with Gasteiger partial charge in [-0.25, -0.2) is 4.98 Å². The minimum atomic E-state index is -0.0824. The number of likely N-dealkylation sites (tertiary alicyclic amines) is 1. The van der Waals surface area contributed by atoms with Gasteiger partial charge < -0.3 is 9.47 Å². The second kappa shape index (κ2) is 8.34. The van der Waals surface area contributed by atoms with Gasteiger partial charge in [-0.3, -0.25) is 14.9 Å². The highest BCUT2D eigenvalue weighted by Gasteiger charge is 2.27. The Balaban J connectivity index is 1.18. The Morgan fingerprint density at radius 2 is 1.97 bits per heavy atom. The summed E-state index contributed by atoms with van der Waals surface area (Å²) in [5.74, 6) is 0.535. The van der Waals surface area contributed by atoms with Gasteiger partial charge in [-0.05, 0) is 43.2 Å². The Labute approximate surface area is 181 Å². The van der Waals surface area contributed by atoms with Crippen LogP contribution in [0.4, 0.5) is 0 Å². The number of hydrogen-bond acceptors (Lipinski definition) is 4. The van der Waals surface area contributed by atoms with Crippen molar-refractivity contribution in [1.29, 1.82) is 0 Å². The Kier molecular flexibility index (Phi) is 5.24. The van der Waals surface area contributed by atoms with Gasteiger partial charge in [-0.2, -0.15) is 5.10 Å². The van der Waals surface area contributed by atoms with E-state index in [4.69, 9.17) is 0 Å². The van der Waals surface area contributed by atoms with E-state index in [0.29, 0.717) is 12.5 Å². The first-order valence-electron chi connectivity index (χ1n) is 10.8. The first kappa shape index (κ1) is 19.5. The lowest BCUT2D eigenvalue weighted by Gasteiger charge is -2.33. The third kappa shape index (κ3) is 3.95. The fourth-order valence-electron chi connectivity index (χ4n) is 4.46. The molecule has 158 valence electrons. The summed E-state index contributed by atoms with van der Waals surface area (Å²) in [7, 11) is 0. The van der Waals surface area contributed by atoms with Crippen molar-refractivity contribution in [2.45, 2.75) is 32.2 Å². The quantitative estimate of drug-likeness (QED) is 0.538. The lowest BCUT2D eigenvalue weighted by molar-refractivity contribution is -0.136. The van der Waals surface area contributed by atoms with E-state index in [1.807, 2.05) is 48.6 Å². The van der Waals surface area contributed by atoms with E-state index >= 15 is 0 Å². The molecule has 4 aromatic rings. The van der Waals surface area contributed by atoms with Crippen LogP contribution in [0.5, 0.6) is 0 Å². The molecular formula is C24H26N6O. The Hall–Kier alpha value is -3.48. The minimum Gasteiger partial charge on any atom is -0.342 e. The number of amides is 1. The van der Waals surface area contributed by atoms with E-state index in [9.17, 15) is 4.79 Å². The van der Waals surface area contributed by atoms with E-state index < -0.39 is 0 Å². The third-order valence-corrected chi connectivity index (χ3v) is 6.24. The van der Waals surface area contributed by atoms with Crippen LogP contribution in [0.3, 0.4) is 0 Å². The van der Waals surface area contributed by atoms with Gasteiger partial charge in [0, 0.05) is 49.2 Å². The number of para-hydroxylation sites is 2. The summed E-state index contributed by atoms with van der Waals surface area (Å²) in [6, 6.07) is 14.2. The van der Waals surface area contributed by atoms with Gasteiger partial charge in [0.25, 0.3) is 0 Å². The predicted molar refractivity (Wildman–Crippen MR) is 119 cm³/mol. The Morgan fingerprint density at radius 1 is 1.13 bits per heavy atom. The van der Waals surface area contributed by atoms with Crippen LogP contribution in [-0.2, 0) is 11.3 Å². The Morgan fingerprint density at radius 3 is 2.71 bits per heavy atom. The first-order chi connectivity index (χ1) is 15.2. The van der Waals surface area contributed by atoms with E-state index in [1.54, 1.807) is 6.20 Å². The zero-order chi connectivity index (χ0) is 21.2. The number of hydrogen-bond donors (Lipinski definition) is 1. The molecule has 1 atom stereocenters. The van der Waals surface area contributed by atoms with Crippen LogP contribution in [0, 0.1) is 5.92 Å². The summed E-state index contributed by atoms with van der Waals surface area (Å²) < 4.78 is 2.08. The van der Waals surface area contributed by atoms with Crippen LogP contribution < -0.4 is 0 Å². The molecule has 1 aromatic carbocycles. The molecule has 0 unspecified atom stereocenters. The minimum absolute atomic E-state index is 0.0824. The molecule has 1 aliphatic heterocycles.